The van der Waals surface area contributed by atoms with Crippen molar-refractivity contribution in [1.29, 1.82) is 0 Å². The Morgan fingerprint density at radius 3 is 2.53 bits per heavy atom. The van der Waals surface area contributed by atoms with Gasteiger partial charge in [-0.15, -0.1) is 0 Å². The number of aliphatic hydroxyl groups is 1. The molecule has 84 valence electrons. The van der Waals surface area contributed by atoms with E-state index in [1.54, 1.807) is 14.2 Å². The summed E-state index contributed by atoms with van der Waals surface area (Å²) < 4.78 is 11.3. The Bertz CT molecular complexity index is 326. The zero-order chi connectivity index (χ0) is 11.3. The lowest BCUT2D eigenvalue weighted by atomic mass is 10.1. The molecule has 0 heterocycles. The number of hydrogen-bond donors (Lipinski definition) is 1. The highest BCUT2D eigenvalue weighted by molar-refractivity contribution is 9.10. The van der Waals surface area contributed by atoms with Crippen LogP contribution in [0.15, 0.2) is 16.6 Å². The van der Waals surface area contributed by atoms with Crippen molar-refractivity contribution in [3.63, 3.8) is 0 Å². The molecule has 15 heavy (non-hydrogen) atoms. The molecule has 1 aromatic carbocycles. The molecule has 0 aliphatic heterocycles. The molecule has 0 atom stereocenters. The monoisotopic (exact) mass is 274 g/mol. The van der Waals surface area contributed by atoms with E-state index in [1.165, 1.54) is 0 Å². The second-order valence-electron chi connectivity index (χ2n) is 3.10. The van der Waals surface area contributed by atoms with E-state index >= 15 is 0 Å². The fourth-order valence-electron chi connectivity index (χ4n) is 1.39. The van der Waals surface area contributed by atoms with Crippen molar-refractivity contribution < 1.29 is 14.6 Å². The van der Waals surface area contributed by atoms with Crippen LogP contribution in [0.5, 0.6) is 11.5 Å². The maximum atomic E-state index is 8.77. The van der Waals surface area contributed by atoms with E-state index in [0.29, 0.717) is 11.5 Å². The average molecular weight is 275 g/mol. The Morgan fingerprint density at radius 1 is 1.27 bits per heavy atom. The van der Waals surface area contributed by atoms with Gasteiger partial charge in [-0.3, -0.25) is 0 Å². The Morgan fingerprint density at radius 2 is 2.00 bits per heavy atom. The number of benzene rings is 1. The summed E-state index contributed by atoms with van der Waals surface area (Å²) in [7, 11) is 3.22. The van der Waals surface area contributed by atoms with Gasteiger partial charge in [0.05, 0.1) is 18.7 Å². The van der Waals surface area contributed by atoms with Gasteiger partial charge in [0.15, 0.2) is 11.5 Å². The van der Waals surface area contributed by atoms with Crippen molar-refractivity contribution in [2.45, 2.75) is 12.8 Å². The molecule has 0 saturated carbocycles. The van der Waals surface area contributed by atoms with Crippen LogP contribution in [-0.2, 0) is 6.42 Å². The Kier molecular flexibility index (Phi) is 4.91. The number of hydrogen-bond acceptors (Lipinski definition) is 3. The molecule has 0 spiro atoms. The van der Waals surface area contributed by atoms with E-state index in [0.717, 1.165) is 22.9 Å². The number of rotatable bonds is 5. The highest BCUT2D eigenvalue weighted by atomic mass is 79.9. The number of aliphatic hydroxyl groups excluding tert-OH is 1. The summed E-state index contributed by atoms with van der Waals surface area (Å²) in [4.78, 5) is 0. The lowest BCUT2D eigenvalue weighted by Gasteiger charge is -2.12. The minimum atomic E-state index is 0.195. The topological polar surface area (TPSA) is 38.7 Å². The molecular formula is C11H15BrO3. The van der Waals surface area contributed by atoms with Gasteiger partial charge in [0.25, 0.3) is 0 Å². The lowest BCUT2D eigenvalue weighted by molar-refractivity contribution is 0.288. The summed E-state index contributed by atoms with van der Waals surface area (Å²) in [5, 5.41) is 8.77. The first kappa shape index (κ1) is 12.3. The number of aryl methyl sites for hydroxylation is 1. The van der Waals surface area contributed by atoms with Gasteiger partial charge in [-0.25, -0.2) is 0 Å². The van der Waals surface area contributed by atoms with Gasteiger partial charge in [0.1, 0.15) is 0 Å². The van der Waals surface area contributed by atoms with Crippen LogP contribution in [0.1, 0.15) is 12.0 Å². The highest BCUT2D eigenvalue weighted by Gasteiger charge is 2.11. The SMILES string of the molecule is COc1ccc(CCCO)c(Br)c1OC. The molecule has 3 nitrogen and oxygen atoms in total. The lowest BCUT2D eigenvalue weighted by Crippen LogP contribution is -1.96. The third-order valence-electron chi connectivity index (χ3n) is 2.17. The third-order valence-corrected chi connectivity index (χ3v) is 3.04. The zero-order valence-electron chi connectivity index (χ0n) is 8.92. The maximum Gasteiger partial charge on any atom is 0.175 e. The fourth-order valence-corrected chi connectivity index (χ4v) is 2.08. The summed E-state index contributed by atoms with van der Waals surface area (Å²) in [5.41, 5.74) is 1.11. The second-order valence-corrected chi connectivity index (χ2v) is 3.89. The van der Waals surface area contributed by atoms with Crippen molar-refractivity contribution in [3.05, 3.63) is 22.2 Å². The van der Waals surface area contributed by atoms with Crippen molar-refractivity contribution in [1.82, 2.24) is 0 Å². The Labute approximate surface area is 98.1 Å². The molecule has 4 heteroatoms. The van der Waals surface area contributed by atoms with Crippen LogP contribution < -0.4 is 9.47 Å². The van der Waals surface area contributed by atoms with Crippen LogP contribution in [0.25, 0.3) is 0 Å². The van der Waals surface area contributed by atoms with Gasteiger partial charge in [-0.05, 0) is 40.4 Å². The smallest absolute Gasteiger partial charge is 0.175 e. The van der Waals surface area contributed by atoms with E-state index in [4.69, 9.17) is 14.6 Å². The van der Waals surface area contributed by atoms with Crippen LogP contribution in [-0.4, -0.2) is 25.9 Å². The van der Waals surface area contributed by atoms with Crippen molar-refractivity contribution in [2.24, 2.45) is 0 Å². The molecule has 0 fully saturated rings. The normalized spacial score (nSPS) is 10.1. The molecule has 0 aliphatic rings. The first-order valence-corrected chi connectivity index (χ1v) is 5.54. The number of methoxy groups -OCH3 is 2. The standard InChI is InChI=1S/C11H15BrO3/c1-14-9-6-5-8(4-3-7-13)10(12)11(9)15-2/h5-6,13H,3-4,7H2,1-2H3. The molecule has 1 aromatic rings. The minimum absolute atomic E-state index is 0.195. The average Bonchev–Trinajstić information content (AvgIpc) is 2.27. The predicted molar refractivity (Wildman–Crippen MR) is 62.7 cm³/mol. The van der Waals surface area contributed by atoms with Gasteiger partial charge in [-0.1, -0.05) is 6.07 Å². The van der Waals surface area contributed by atoms with Gasteiger partial charge >= 0.3 is 0 Å². The minimum Gasteiger partial charge on any atom is -0.493 e. The molecular weight excluding hydrogens is 260 g/mol. The molecule has 0 amide bonds. The molecule has 0 bridgehead atoms. The summed E-state index contributed by atoms with van der Waals surface area (Å²) in [6.45, 7) is 0.195. The van der Waals surface area contributed by atoms with Crippen molar-refractivity contribution in [2.75, 3.05) is 20.8 Å². The quantitative estimate of drug-likeness (QED) is 0.896. The molecule has 0 saturated heterocycles. The van der Waals surface area contributed by atoms with E-state index in [-0.39, 0.29) is 6.61 Å². The summed E-state index contributed by atoms with van der Waals surface area (Å²) >= 11 is 3.48. The molecule has 0 unspecified atom stereocenters. The Balaban J connectivity index is 3.00. The largest absolute Gasteiger partial charge is 0.493 e. The third kappa shape index (κ3) is 2.86. The molecule has 1 rings (SSSR count). The molecule has 0 aromatic heterocycles. The fraction of sp³-hybridized carbons (Fsp3) is 0.455. The van der Waals surface area contributed by atoms with Crippen LogP contribution in [0.2, 0.25) is 0 Å². The van der Waals surface area contributed by atoms with Crippen LogP contribution in [0.4, 0.5) is 0 Å². The van der Waals surface area contributed by atoms with E-state index in [1.807, 2.05) is 12.1 Å². The van der Waals surface area contributed by atoms with Crippen molar-refractivity contribution >= 4 is 15.9 Å². The molecule has 0 aliphatic carbocycles. The van der Waals surface area contributed by atoms with Gasteiger partial charge in [-0.2, -0.15) is 0 Å². The summed E-state index contributed by atoms with van der Waals surface area (Å²) in [5.74, 6) is 1.41. The summed E-state index contributed by atoms with van der Waals surface area (Å²) in [6, 6.07) is 3.84. The first-order valence-electron chi connectivity index (χ1n) is 4.74. The zero-order valence-corrected chi connectivity index (χ0v) is 10.5. The summed E-state index contributed by atoms with van der Waals surface area (Å²) in [6.07, 6.45) is 1.56. The molecule has 1 N–H and O–H groups in total. The van der Waals surface area contributed by atoms with Crippen LogP contribution in [0, 0.1) is 0 Å². The van der Waals surface area contributed by atoms with E-state index < -0.39 is 0 Å². The van der Waals surface area contributed by atoms with Gasteiger partial charge < -0.3 is 14.6 Å². The van der Waals surface area contributed by atoms with Crippen LogP contribution >= 0.6 is 15.9 Å². The predicted octanol–water partition coefficient (Wildman–Crippen LogP) is 2.39. The van der Waals surface area contributed by atoms with Gasteiger partial charge in [0, 0.05) is 6.61 Å². The molecule has 0 radical (unpaired) electrons. The number of halogens is 1. The first-order chi connectivity index (χ1) is 7.24. The second kappa shape index (κ2) is 5.98. The highest BCUT2D eigenvalue weighted by Crippen LogP contribution is 2.37. The van der Waals surface area contributed by atoms with E-state index in [2.05, 4.69) is 15.9 Å². The number of ether oxygens (including phenoxy) is 2. The maximum absolute atomic E-state index is 8.77. The van der Waals surface area contributed by atoms with Gasteiger partial charge in [0.2, 0.25) is 0 Å². The Hall–Kier alpha value is -0.740. The van der Waals surface area contributed by atoms with E-state index in [9.17, 15) is 0 Å². The van der Waals surface area contributed by atoms with Crippen molar-refractivity contribution in [3.8, 4) is 11.5 Å². The van der Waals surface area contributed by atoms with Crippen LogP contribution in [0.3, 0.4) is 0 Å².